The van der Waals surface area contributed by atoms with Gasteiger partial charge in [0.15, 0.2) is 5.76 Å². The highest BCUT2D eigenvalue weighted by Crippen LogP contribution is 2.37. The third-order valence-corrected chi connectivity index (χ3v) is 5.54. The number of benzene rings is 1. The summed E-state index contributed by atoms with van der Waals surface area (Å²) in [6.45, 7) is 0. The second-order valence-corrected chi connectivity index (χ2v) is 7.59. The molecule has 0 saturated heterocycles. The highest BCUT2D eigenvalue weighted by atomic mass is 16.5. The van der Waals surface area contributed by atoms with E-state index in [0.717, 1.165) is 44.1 Å². The molecule has 2 fully saturated rings. The zero-order chi connectivity index (χ0) is 19.5. The molecule has 1 aromatic carbocycles. The van der Waals surface area contributed by atoms with E-state index in [1.807, 2.05) is 24.3 Å². The second kappa shape index (κ2) is 8.09. The molecule has 1 heterocycles. The van der Waals surface area contributed by atoms with Gasteiger partial charge in [0.05, 0.1) is 13.4 Å². The summed E-state index contributed by atoms with van der Waals surface area (Å²) in [6, 6.07) is 10.3. The molecular formula is C22H26N2O4. The number of nitrogens with zero attached hydrogens (tertiary/aromatic N) is 1. The van der Waals surface area contributed by atoms with Crippen molar-refractivity contribution in [1.82, 2.24) is 10.2 Å². The highest BCUT2D eigenvalue weighted by Gasteiger charge is 2.43. The maximum absolute atomic E-state index is 13.4. The van der Waals surface area contributed by atoms with Crippen LogP contribution >= 0.6 is 0 Å². The summed E-state index contributed by atoms with van der Waals surface area (Å²) in [5, 5.41) is 3.17. The Balaban J connectivity index is 1.69. The van der Waals surface area contributed by atoms with Gasteiger partial charge in [0, 0.05) is 12.1 Å². The van der Waals surface area contributed by atoms with Gasteiger partial charge >= 0.3 is 0 Å². The van der Waals surface area contributed by atoms with Crippen LogP contribution in [-0.2, 0) is 4.79 Å². The quantitative estimate of drug-likeness (QED) is 0.793. The molecule has 2 aromatic rings. The zero-order valence-electron chi connectivity index (χ0n) is 16.1. The Kier molecular flexibility index (Phi) is 5.37. The molecule has 1 unspecified atom stereocenters. The summed E-state index contributed by atoms with van der Waals surface area (Å²) < 4.78 is 10.7. The Morgan fingerprint density at radius 2 is 1.93 bits per heavy atom. The molecule has 1 atom stereocenters. The number of carbonyl (C=O) groups is 2. The summed E-state index contributed by atoms with van der Waals surface area (Å²) in [6.07, 6.45) is 7.52. The maximum Gasteiger partial charge on any atom is 0.290 e. The van der Waals surface area contributed by atoms with Crippen LogP contribution in [0.25, 0.3) is 0 Å². The van der Waals surface area contributed by atoms with Crippen LogP contribution in [-0.4, -0.2) is 35.9 Å². The van der Waals surface area contributed by atoms with Crippen LogP contribution in [0.3, 0.4) is 0 Å². The van der Waals surface area contributed by atoms with Gasteiger partial charge in [-0.15, -0.1) is 0 Å². The average Bonchev–Trinajstić information content (AvgIpc) is 3.17. The van der Waals surface area contributed by atoms with Gasteiger partial charge in [0.2, 0.25) is 5.91 Å². The van der Waals surface area contributed by atoms with Crippen molar-refractivity contribution in [3.05, 3.63) is 54.0 Å². The first kappa shape index (κ1) is 18.6. The van der Waals surface area contributed by atoms with Gasteiger partial charge in [-0.1, -0.05) is 25.0 Å². The predicted octanol–water partition coefficient (Wildman–Crippen LogP) is 3.69. The van der Waals surface area contributed by atoms with E-state index in [4.69, 9.17) is 9.15 Å². The van der Waals surface area contributed by atoms with Crippen molar-refractivity contribution in [3.8, 4) is 5.75 Å². The molecule has 4 rings (SSSR count). The molecule has 2 aliphatic carbocycles. The van der Waals surface area contributed by atoms with Crippen LogP contribution in [0, 0.1) is 0 Å². The number of amides is 2. The summed E-state index contributed by atoms with van der Waals surface area (Å²) in [5.41, 5.74) is 0.752. The van der Waals surface area contributed by atoms with Crippen LogP contribution in [0.1, 0.15) is 60.7 Å². The van der Waals surface area contributed by atoms with Gasteiger partial charge in [-0.2, -0.15) is 0 Å². The number of hydrogen-bond donors (Lipinski definition) is 1. The van der Waals surface area contributed by atoms with Gasteiger partial charge in [0.1, 0.15) is 11.8 Å². The molecule has 6 nitrogen and oxygen atoms in total. The molecule has 0 spiro atoms. The molecule has 6 heteroatoms. The SMILES string of the molecule is COc1cccc(C(C(=O)NC2CCCC2)N(C(=O)c2ccco2)C2CC2)c1. The number of ether oxygens (including phenoxy) is 1. The lowest BCUT2D eigenvalue weighted by molar-refractivity contribution is -0.126. The van der Waals surface area contributed by atoms with Gasteiger partial charge < -0.3 is 19.4 Å². The summed E-state index contributed by atoms with van der Waals surface area (Å²) in [5.74, 6) is 0.541. The molecule has 1 aromatic heterocycles. The number of carbonyl (C=O) groups excluding carboxylic acids is 2. The largest absolute Gasteiger partial charge is 0.497 e. The van der Waals surface area contributed by atoms with Crippen LogP contribution < -0.4 is 10.1 Å². The van der Waals surface area contributed by atoms with Crippen molar-refractivity contribution < 1.29 is 18.7 Å². The molecule has 0 aliphatic heterocycles. The second-order valence-electron chi connectivity index (χ2n) is 7.59. The van der Waals surface area contributed by atoms with E-state index in [-0.39, 0.29) is 29.7 Å². The van der Waals surface area contributed by atoms with E-state index in [2.05, 4.69) is 5.32 Å². The number of rotatable bonds is 7. The van der Waals surface area contributed by atoms with E-state index >= 15 is 0 Å². The molecule has 2 saturated carbocycles. The highest BCUT2D eigenvalue weighted by molar-refractivity contribution is 5.96. The van der Waals surface area contributed by atoms with Gasteiger partial charge in [-0.3, -0.25) is 9.59 Å². The fraction of sp³-hybridized carbons (Fsp3) is 0.455. The van der Waals surface area contributed by atoms with Crippen molar-refractivity contribution in [2.24, 2.45) is 0 Å². The van der Waals surface area contributed by atoms with Crippen LogP contribution in [0.15, 0.2) is 47.1 Å². The summed E-state index contributed by atoms with van der Waals surface area (Å²) >= 11 is 0. The Morgan fingerprint density at radius 3 is 2.57 bits per heavy atom. The zero-order valence-corrected chi connectivity index (χ0v) is 16.1. The molecule has 28 heavy (non-hydrogen) atoms. The fourth-order valence-corrected chi connectivity index (χ4v) is 3.97. The standard InChI is InChI=1S/C22H26N2O4/c1-27-18-9-4-6-15(14-18)20(21(25)23-16-7-2-3-8-16)24(17-11-12-17)22(26)19-10-5-13-28-19/h4-6,9-10,13-14,16-17,20H,2-3,7-8,11-12H2,1H3,(H,23,25). The number of nitrogens with one attached hydrogen (secondary N) is 1. The average molecular weight is 382 g/mol. The van der Waals surface area contributed by atoms with Crippen LogP contribution in [0.5, 0.6) is 5.75 Å². The Hall–Kier alpha value is -2.76. The lowest BCUT2D eigenvalue weighted by atomic mass is 10.0. The van der Waals surface area contributed by atoms with E-state index in [0.29, 0.717) is 5.75 Å². The molecule has 2 amide bonds. The van der Waals surface area contributed by atoms with Crippen LogP contribution in [0.4, 0.5) is 0 Å². The van der Waals surface area contributed by atoms with Crippen molar-refractivity contribution in [2.75, 3.05) is 7.11 Å². The predicted molar refractivity (Wildman–Crippen MR) is 104 cm³/mol. The van der Waals surface area contributed by atoms with Crippen molar-refractivity contribution in [2.45, 2.75) is 56.7 Å². The van der Waals surface area contributed by atoms with E-state index in [1.165, 1.54) is 6.26 Å². The minimum absolute atomic E-state index is 0.0446. The first-order chi connectivity index (χ1) is 13.7. The van der Waals surface area contributed by atoms with Crippen molar-refractivity contribution in [1.29, 1.82) is 0 Å². The lowest BCUT2D eigenvalue weighted by Crippen LogP contribution is -2.47. The Bertz CT molecular complexity index is 823. The van der Waals surface area contributed by atoms with Crippen molar-refractivity contribution >= 4 is 11.8 Å². The minimum atomic E-state index is -0.708. The third-order valence-electron chi connectivity index (χ3n) is 5.54. The molecule has 1 N–H and O–H groups in total. The topological polar surface area (TPSA) is 71.8 Å². The van der Waals surface area contributed by atoms with Gasteiger partial charge in [-0.05, 0) is 55.5 Å². The molecule has 2 aliphatic rings. The van der Waals surface area contributed by atoms with Gasteiger partial charge in [0.25, 0.3) is 5.91 Å². The van der Waals surface area contributed by atoms with Gasteiger partial charge in [-0.25, -0.2) is 0 Å². The fourth-order valence-electron chi connectivity index (χ4n) is 3.97. The third kappa shape index (κ3) is 3.91. The van der Waals surface area contributed by atoms with E-state index in [1.54, 1.807) is 24.1 Å². The molecule has 148 valence electrons. The molecular weight excluding hydrogens is 356 g/mol. The van der Waals surface area contributed by atoms with Crippen LogP contribution in [0.2, 0.25) is 0 Å². The molecule has 0 radical (unpaired) electrons. The van der Waals surface area contributed by atoms with Crippen molar-refractivity contribution in [3.63, 3.8) is 0 Å². The normalized spacial score (nSPS) is 17.9. The Morgan fingerprint density at radius 1 is 1.14 bits per heavy atom. The molecule has 0 bridgehead atoms. The first-order valence-corrected chi connectivity index (χ1v) is 9.98. The minimum Gasteiger partial charge on any atom is -0.497 e. The number of methoxy groups -OCH3 is 1. The maximum atomic E-state index is 13.4. The lowest BCUT2D eigenvalue weighted by Gasteiger charge is -2.32. The summed E-state index contributed by atoms with van der Waals surface area (Å²) in [4.78, 5) is 28.3. The Labute approximate surface area is 164 Å². The summed E-state index contributed by atoms with van der Waals surface area (Å²) in [7, 11) is 1.60. The number of furan rings is 1. The van der Waals surface area contributed by atoms with E-state index < -0.39 is 6.04 Å². The van der Waals surface area contributed by atoms with E-state index in [9.17, 15) is 9.59 Å². The monoisotopic (exact) mass is 382 g/mol. The first-order valence-electron chi connectivity index (χ1n) is 9.98. The number of hydrogen-bond acceptors (Lipinski definition) is 4. The smallest absolute Gasteiger partial charge is 0.290 e.